The van der Waals surface area contributed by atoms with Crippen LogP contribution in [0.2, 0.25) is 0 Å². The van der Waals surface area contributed by atoms with Crippen LogP contribution in [0.4, 0.5) is 5.69 Å². The SMILES string of the molecule is Cc1ccc(S(=O)(=O)NC(CC(C)C)C(=O)NCc2cccc(NC(=O)CC(C)C)c2)cc1. The van der Waals surface area contributed by atoms with Gasteiger partial charge in [0.15, 0.2) is 0 Å². The monoisotopic (exact) mass is 473 g/mol. The third-order valence-corrected chi connectivity index (χ3v) is 6.41. The molecule has 3 N–H and O–H groups in total. The molecule has 0 aliphatic heterocycles. The van der Waals surface area contributed by atoms with E-state index in [2.05, 4.69) is 15.4 Å². The van der Waals surface area contributed by atoms with Gasteiger partial charge < -0.3 is 10.6 Å². The second-order valence-electron chi connectivity index (χ2n) is 9.18. The lowest BCUT2D eigenvalue weighted by Gasteiger charge is -2.20. The fraction of sp³-hybridized carbons (Fsp3) is 0.440. The average molecular weight is 474 g/mol. The molecule has 0 aromatic heterocycles. The Morgan fingerprint density at radius 2 is 1.61 bits per heavy atom. The van der Waals surface area contributed by atoms with Gasteiger partial charge in [-0.1, -0.05) is 57.5 Å². The smallest absolute Gasteiger partial charge is 0.241 e. The lowest BCUT2D eigenvalue weighted by Crippen LogP contribution is -2.47. The van der Waals surface area contributed by atoms with Gasteiger partial charge in [-0.05, 0) is 55.0 Å². The van der Waals surface area contributed by atoms with Crippen LogP contribution in [0.15, 0.2) is 53.4 Å². The van der Waals surface area contributed by atoms with Gasteiger partial charge in [-0.25, -0.2) is 8.42 Å². The molecular weight excluding hydrogens is 438 g/mol. The normalized spacial score (nSPS) is 12.6. The molecule has 180 valence electrons. The zero-order chi connectivity index (χ0) is 24.6. The van der Waals surface area contributed by atoms with Crippen molar-refractivity contribution in [1.29, 1.82) is 0 Å². The molecule has 0 saturated heterocycles. The fourth-order valence-corrected chi connectivity index (χ4v) is 4.52. The van der Waals surface area contributed by atoms with E-state index < -0.39 is 22.0 Å². The quantitative estimate of drug-likeness (QED) is 0.459. The highest BCUT2D eigenvalue weighted by Crippen LogP contribution is 2.15. The molecule has 0 bridgehead atoms. The average Bonchev–Trinajstić information content (AvgIpc) is 2.71. The van der Waals surface area contributed by atoms with Crippen molar-refractivity contribution in [3.8, 4) is 0 Å². The molecule has 0 fully saturated rings. The number of rotatable bonds is 11. The predicted octanol–water partition coefficient (Wildman–Crippen LogP) is 3.99. The Kier molecular flexibility index (Phi) is 9.61. The second kappa shape index (κ2) is 12.0. The molecule has 0 radical (unpaired) electrons. The van der Waals surface area contributed by atoms with Crippen molar-refractivity contribution in [2.75, 3.05) is 5.32 Å². The summed E-state index contributed by atoms with van der Waals surface area (Å²) in [6.45, 7) is 9.92. The molecule has 0 spiro atoms. The third-order valence-electron chi connectivity index (χ3n) is 4.92. The summed E-state index contributed by atoms with van der Waals surface area (Å²) in [6, 6.07) is 12.8. The maximum Gasteiger partial charge on any atom is 0.241 e. The summed E-state index contributed by atoms with van der Waals surface area (Å²) in [6.07, 6.45) is 0.793. The highest BCUT2D eigenvalue weighted by atomic mass is 32.2. The molecule has 0 heterocycles. The van der Waals surface area contributed by atoms with Gasteiger partial charge in [0.2, 0.25) is 21.8 Å². The number of anilines is 1. The van der Waals surface area contributed by atoms with E-state index in [-0.39, 0.29) is 29.2 Å². The maximum atomic E-state index is 12.9. The zero-order valence-corrected chi connectivity index (χ0v) is 20.8. The van der Waals surface area contributed by atoms with Crippen molar-refractivity contribution in [1.82, 2.24) is 10.0 Å². The second-order valence-corrected chi connectivity index (χ2v) is 10.9. The van der Waals surface area contributed by atoms with Crippen molar-refractivity contribution in [3.63, 3.8) is 0 Å². The Hall–Kier alpha value is -2.71. The van der Waals surface area contributed by atoms with Gasteiger partial charge in [-0.15, -0.1) is 0 Å². The van der Waals surface area contributed by atoms with Crippen LogP contribution in [0.5, 0.6) is 0 Å². The summed E-state index contributed by atoms with van der Waals surface area (Å²) >= 11 is 0. The van der Waals surface area contributed by atoms with Crippen LogP contribution in [0.1, 0.15) is 51.7 Å². The summed E-state index contributed by atoms with van der Waals surface area (Å²) in [7, 11) is -3.84. The summed E-state index contributed by atoms with van der Waals surface area (Å²) in [4.78, 5) is 25.0. The Bertz CT molecular complexity index is 1050. The highest BCUT2D eigenvalue weighted by Gasteiger charge is 2.26. The maximum absolute atomic E-state index is 12.9. The lowest BCUT2D eigenvalue weighted by atomic mass is 10.0. The number of benzene rings is 2. The van der Waals surface area contributed by atoms with Gasteiger partial charge in [0.05, 0.1) is 4.90 Å². The van der Waals surface area contributed by atoms with E-state index in [1.165, 1.54) is 12.1 Å². The Morgan fingerprint density at radius 3 is 2.21 bits per heavy atom. The van der Waals surface area contributed by atoms with E-state index in [1.54, 1.807) is 30.3 Å². The molecule has 0 saturated carbocycles. The van der Waals surface area contributed by atoms with Crippen LogP contribution in [-0.4, -0.2) is 26.3 Å². The molecule has 2 amide bonds. The molecule has 2 rings (SSSR count). The van der Waals surface area contributed by atoms with Gasteiger partial charge in [-0.2, -0.15) is 4.72 Å². The fourth-order valence-electron chi connectivity index (χ4n) is 3.31. The van der Waals surface area contributed by atoms with Gasteiger partial charge in [0.1, 0.15) is 6.04 Å². The molecular formula is C25H35N3O4S. The van der Waals surface area contributed by atoms with Crippen LogP contribution >= 0.6 is 0 Å². The van der Waals surface area contributed by atoms with E-state index in [4.69, 9.17) is 0 Å². The minimum atomic E-state index is -3.84. The van der Waals surface area contributed by atoms with E-state index in [0.29, 0.717) is 18.5 Å². The minimum Gasteiger partial charge on any atom is -0.351 e. The number of amides is 2. The highest BCUT2D eigenvalue weighted by molar-refractivity contribution is 7.89. The van der Waals surface area contributed by atoms with Crippen molar-refractivity contribution in [2.24, 2.45) is 11.8 Å². The number of sulfonamides is 1. The van der Waals surface area contributed by atoms with Gasteiger partial charge in [0.25, 0.3) is 0 Å². The lowest BCUT2D eigenvalue weighted by molar-refractivity contribution is -0.123. The van der Waals surface area contributed by atoms with Crippen molar-refractivity contribution in [3.05, 3.63) is 59.7 Å². The first-order valence-electron chi connectivity index (χ1n) is 11.2. The Labute approximate surface area is 197 Å². The largest absolute Gasteiger partial charge is 0.351 e. The molecule has 2 aromatic carbocycles. The van der Waals surface area contributed by atoms with Crippen LogP contribution in [0.3, 0.4) is 0 Å². The number of carbonyl (C=O) groups excluding carboxylic acids is 2. The molecule has 7 nitrogen and oxygen atoms in total. The van der Waals surface area contributed by atoms with Crippen molar-refractivity contribution < 1.29 is 18.0 Å². The van der Waals surface area contributed by atoms with Gasteiger partial charge in [0, 0.05) is 18.7 Å². The number of aryl methyl sites for hydroxylation is 1. The Morgan fingerprint density at radius 1 is 0.939 bits per heavy atom. The van der Waals surface area contributed by atoms with E-state index in [0.717, 1.165) is 11.1 Å². The van der Waals surface area contributed by atoms with Crippen LogP contribution in [0, 0.1) is 18.8 Å². The zero-order valence-electron chi connectivity index (χ0n) is 20.0. The first-order valence-corrected chi connectivity index (χ1v) is 12.7. The molecule has 8 heteroatoms. The molecule has 2 aromatic rings. The van der Waals surface area contributed by atoms with Crippen LogP contribution in [0.25, 0.3) is 0 Å². The van der Waals surface area contributed by atoms with Crippen molar-refractivity contribution in [2.45, 2.75) is 64.9 Å². The topological polar surface area (TPSA) is 104 Å². The number of hydrogen-bond donors (Lipinski definition) is 3. The Balaban J connectivity index is 2.06. The molecule has 0 aliphatic carbocycles. The summed E-state index contributed by atoms with van der Waals surface area (Å²) in [5.41, 5.74) is 2.41. The van der Waals surface area contributed by atoms with Crippen LogP contribution < -0.4 is 15.4 Å². The van der Waals surface area contributed by atoms with E-state index in [9.17, 15) is 18.0 Å². The molecule has 0 aliphatic rings. The third kappa shape index (κ3) is 8.98. The van der Waals surface area contributed by atoms with Crippen molar-refractivity contribution >= 4 is 27.5 Å². The number of hydrogen-bond acceptors (Lipinski definition) is 4. The summed E-state index contributed by atoms with van der Waals surface area (Å²) in [5, 5.41) is 5.68. The molecule has 1 atom stereocenters. The summed E-state index contributed by atoms with van der Waals surface area (Å²) in [5.74, 6) is -0.0858. The molecule has 1 unspecified atom stereocenters. The number of nitrogens with one attached hydrogen (secondary N) is 3. The first-order chi connectivity index (χ1) is 15.5. The minimum absolute atomic E-state index is 0.0614. The van der Waals surface area contributed by atoms with Gasteiger partial charge >= 0.3 is 0 Å². The summed E-state index contributed by atoms with van der Waals surface area (Å²) < 4.78 is 28.2. The first kappa shape index (κ1) is 26.5. The van der Waals surface area contributed by atoms with E-state index >= 15 is 0 Å². The molecule has 33 heavy (non-hydrogen) atoms. The van der Waals surface area contributed by atoms with Gasteiger partial charge in [-0.3, -0.25) is 9.59 Å². The van der Waals surface area contributed by atoms with E-state index in [1.807, 2.05) is 40.7 Å². The number of carbonyl (C=O) groups is 2. The van der Waals surface area contributed by atoms with Crippen LogP contribution in [-0.2, 0) is 26.2 Å². The predicted molar refractivity (Wildman–Crippen MR) is 131 cm³/mol. The standard InChI is InChI=1S/C25H35N3O4S/c1-17(2)13-23(28-33(31,32)22-11-9-19(5)10-12-22)25(30)26-16-20-7-6-8-21(15-20)27-24(29)14-18(3)4/h6-12,15,17-18,23,28H,13-14,16H2,1-5H3,(H,26,30)(H,27,29).